The monoisotopic (exact) mass is 394 g/mol. The Morgan fingerprint density at radius 3 is 2.62 bits per heavy atom. The van der Waals surface area contributed by atoms with Crippen LogP contribution in [-0.2, 0) is 0 Å². The van der Waals surface area contributed by atoms with Gasteiger partial charge in [0.05, 0.1) is 28.2 Å². The quantitative estimate of drug-likeness (QED) is 0.518. The van der Waals surface area contributed by atoms with Gasteiger partial charge in [-0.25, -0.2) is 4.98 Å². The van der Waals surface area contributed by atoms with Crippen molar-refractivity contribution >= 4 is 23.2 Å². The van der Waals surface area contributed by atoms with E-state index in [9.17, 15) is 9.60 Å². The molecule has 136 valence electrons. The first kappa shape index (κ1) is 18.6. The summed E-state index contributed by atoms with van der Waals surface area (Å²) in [5, 5.41) is 11.0. The van der Waals surface area contributed by atoms with E-state index >= 15 is 0 Å². The maximum atomic E-state index is 15.0. The lowest BCUT2D eigenvalue weighted by Gasteiger charge is -2.16. The number of fused-ring (bicyclic) bond motifs is 1. The zero-order valence-electron chi connectivity index (χ0n) is 14.4. The highest BCUT2D eigenvalue weighted by Crippen LogP contribution is 2.31. The number of hydrogen-bond acceptors (Lipinski definition) is 4. The van der Waals surface area contributed by atoms with Gasteiger partial charge < -0.3 is 5.21 Å². The number of halogens is 3. The van der Waals surface area contributed by atoms with Gasteiger partial charge in [0.25, 0.3) is 0 Å². The SMILES string of the molecule is CC(C)C(C)N=c1c2nccn(O)c-2nc(F)c1-c1ccc(Cl)cc1Cl. The highest BCUT2D eigenvalue weighted by Gasteiger charge is 2.23. The molecule has 0 amide bonds. The zero-order chi connectivity index (χ0) is 19.0. The molecule has 26 heavy (non-hydrogen) atoms. The molecule has 1 atom stereocenters. The first-order chi connectivity index (χ1) is 12.3. The van der Waals surface area contributed by atoms with E-state index in [0.29, 0.717) is 15.9 Å². The van der Waals surface area contributed by atoms with E-state index in [-0.39, 0.29) is 34.1 Å². The average molecular weight is 395 g/mol. The summed E-state index contributed by atoms with van der Waals surface area (Å²) in [5.74, 6) is -0.597. The molecule has 0 spiro atoms. The predicted molar refractivity (Wildman–Crippen MR) is 99.1 cm³/mol. The number of nitrogens with zero attached hydrogens (tertiary/aromatic N) is 4. The number of benzene rings is 1. The molecule has 0 radical (unpaired) electrons. The summed E-state index contributed by atoms with van der Waals surface area (Å²) in [7, 11) is 0. The number of pyridine rings is 1. The van der Waals surface area contributed by atoms with Gasteiger partial charge in [-0.3, -0.25) is 4.99 Å². The van der Waals surface area contributed by atoms with Gasteiger partial charge in [0.15, 0.2) is 5.82 Å². The minimum Gasteiger partial charge on any atom is -0.427 e. The first-order valence-electron chi connectivity index (χ1n) is 8.05. The second kappa shape index (κ2) is 7.21. The number of rotatable bonds is 3. The molecule has 2 aliphatic rings. The second-order valence-electron chi connectivity index (χ2n) is 6.31. The molecule has 0 aromatic heterocycles. The largest absolute Gasteiger partial charge is 0.427 e. The molecular weight excluding hydrogens is 378 g/mol. The van der Waals surface area contributed by atoms with E-state index in [2.05, 4.69) is 15.0 Å². The second-order valence-corrected chi connectivity index (χ2v) is 7.15. The van der Waals surface area contributed by atoms with Crippen LogP contribution in [0.2, 0.25) is 10.0 Å². The molecule has 0 fully saturated rings. The normalized spacial score (nSPS) is 13.6. The number of hydrogen-bond donors (Lipinski definition) is 1. The van der Waals surface area contributed by atoms with Crippen LogP contribution >= 0.6 is 23.2 Å². The van der Waals surface area contributed by atoms with Gasteiger partial charge in [-0.2, -0.15) is 14.1 Å². The molecule has 0 aliphatic carbocycles. The third-order valence-corrected chi connectivity index (χ3v) is 4.76. The van der Waals surface area contributed by atoms with Crippen LogP contribution in [0.5, 0.6) is 0 Å². The van der Waals surface area contributed by atoms with Gasteiger partial charge in [0, 0.05) is 16.8 Å². The van der Waals surface area contributed by atoms with E-state index in [1.807, 2.05) is 20.8 Å². The zero-order valence-corrected chi connectivity index (χ0v) is 15.9. The van der Waals surface area contributed by atoms with Crippen LogP contribution in [0.25, 0.3) is 22.6 Å². The Morgan fingerprint density at radius 1 is 1.23 bits per heavy atom. The van der Waals surface area contributed by atoms with Gasteiger partial charge in [-0.05, 0) is 25.0 Å². The van der Waals surface area contributed by atoms with Crippen molar-refractivity contribution in [2.45, 2.75) is 26.8 Å². The Bertz CT molecular complexity index is 1000. The lowest BCUT2D eigenvalue weighted by molar-refractivity contribution is 0.184. The van der Waals surface area contributed by atoms with Crippen molar-refractivity contribution in [1.82, 2.24) is 14.7 Å². The van der Waals surface area contributed by atoms with E-state index in [1.165, 1.54) is 18.5 Å². The van der Waals surface area contributed by atoms with Crippen LogP contribution in [0.4, 0.5) is 4.39 Å². The molecule has 5 nitrogen and oxygen atoms in total. The van der Waals surface area contributed by atoms with Crippen LogP contribution in [-0.4, -0.2) is 25.9 Å². The standard InChI is InChI=1S/C18H17Cl2FN4O/c1-9(2)10(3)23-15-14(12-5-4-11(19)8-13(12)20)17(21)24-18-16(15)22-6-7-25(18)26/h4-10,26H,1-3H3. The minimum atomic E-state index is -0.799. The molecular formula is C18H17Cl2FN4O. The predicted octanol–water partition coefficient (Wildman–Crippen LogP) is 4.68. The van der Waals surface area contributed by atoms with E-state index in [1.54, 1.807) is 12.1 Å². The molecule has 0 saturated carbocycles. The van der Waals surface area contributed by atoms with Crippen LogP contribution < -0.4 is 5.36 Å². The smallest absolute Gasteiger partial charge is 0.225 e. The van der Waals surface area contributed by atoms with Crippen molar-refractivity contribution in [2.24, 2.45) is 10.9 Å². The summed E-state index contributed by atoms with van der Waals surface area (Å²) >= 11 is 12.3. The third kappa shape index (κ3) is 3.39. The van der Waals surface area contributed by atoms with Gasteiger partial charge >= 0.3 is 0 Å². The van der Waals surface area contributed by atoms with Crippen molar-refractivity contribution in [3.05, 3.63) is 51.9 Å². The van der Waals surface area contributed by atoms with Gasteiger partial charge in [0.2, 0.25) is 5.95 Å². The van der Waals surface area contributed by atoms with Crippen molar-refractivity contribution in [3.63, 3.8) is 0 Å². The van der Waals surface area contributed by atoms with Crippen molar-refractivity contribution in [1.29, 1.82) is 0 Å². The molecule has 2 aliphatic heterocycles. The third-order valence-electron chi connectivity index (χ3n) is 4.21. The van der Waals surface area contributed by atoms with E-state index in [4.69, 9.17) is 23.2 Å². The van der Waals surface area contributed by atoms with Crippen molar-refractivity contribution in [2.75, 3.05) is 0 Å². The fraction of sp³-hybridized carbons (Fsp3) is 0.278. The van der Waals surface area contributed by atoms with Crippen molar-refractivity contribution < 1.29 is 9.60 Å². The lowest BCUT2D eigenvalue weighted by atomic mass is 10.0. The summed E-state index contributed by atoms with van der Waals surface area (Å²) in [6.07, 6.45) is 2.67. The maximum absolute atomic E-state index is 15.0. The Morgan fingerprint density at radius 2 is 1.96 bits per heavy atom. The fourth-order valence-corrected chi connectivity index (χ4v) is 2.96. The van der Waals surface area contributed by atoms with Gasteiger partial charge in [-0.1, -0.05) is 43.1 Å². The Hall–Kier alpha value is -2.18. The Balaban J connectivity index is 2.45. The van der Waals surface area contributed by atoms with E-state index < -0.39 is 5.95 Å². The lowest BCUT2D eigenvalue weighted by Crippen LogP contribution is -2.24. The molecule has 3 rings (SSSR count). The molecule has 1 aromatic carbocycles. The molecule has 1 aromatic rings. The highest BCUT2D eigenvalue weighted by atomic mass is 35.5. The van der Waals surface area contributed by atoms with Gasteiger partial charge in [0.1, 0.15) is 5.69 Å². The summed E-state index contributed by atoms with van der Waals surface area (Å²) < 4.78 is 15.7. The molecule has 0 saturated heterocycles. The maximum Gasteiger partial charge on any atom is 0.225 e. The Kier molecular flexibility index (Phi) is 5.16. The molecule has 1 N–H and O–H groups in total. The van der Waals surface area contributed by atoms with Crippen LogP contribution in [0, 0.1) is 11.9 Å². The topological polar surface area (TPSA) is 63.3 Å². The Labute approximate surface area is 160 Å². The molecule has 8 heteroatoms. The number of aromatic nitrogens is 3. The average Bonchev–Trinajstić information content (AvgIpc) is 2.57. The fourth-order valence-electron chi connectivity index (χ4n) is 2.45. The first-order valence-corrected chi connectivity index (χ1v) is 8.80. The molecule has 0 bridgehead atoms. The summed E-state index contributed by atoms with van der Waals surface area (Å²) in [6, 6.07) is 4.65. The minimum absolute atomic E-state index is 0.0199. The van der Waals surface area contributed by atoms with Crippen LogP contribution in [0.1, 0.15) is 20.8 Å². The van der Waals surface area contributed by atoms with Crippen LogP contribution in [0.3, 0.4) is 0 Å². The highest BCUT2D eigenvalue weighted by molar-refractivity contribution is 6.36. The van der Waals surface area contributed by atoms with Gasteiger partial charge in [-0.15, -0.1) is 0 Å². The van der Waals surface area contributed by atoms with Crippen molar-refractivity contribution in [3.8, 4) is 22.6 Å². The summed E-state index contributed by atoms with van der Waals surface area (Å²) in [6.45, 7) is 5.96. The van der Waals surface area contributed by atoms with Crippen LogP contribution in [0.15, 0.2) is 35.6 Å². The summed E-state index contributed by atoms with van der Waals surface area (Å²) in [4.78, 5) is 12.8. The van der Waals surface area contributed by atoms with E-state index in [0.717, 1.165) is 4.73 Å². The molecule has 1 unspecified atom stereocenters. The summed E-state index contributed by atoms with van der Waals surface area (Å²) in [5.41, 5.74) is 0.822. The molecule has 2 heterocycles.